The van der Waals surface area contributed by atoms with Crippen LogP contribution in [0, 0.1) is 5.82 Å². The lowest BCUT2D eigenvalue weighted by Gasteiger charge is -2.34. The molecule has 0 saturated carbocycles. The van der Waals surface area contributed by atoms with Gasteiger partial charge in [0, 0.05) is 32.6 Å². The summed E-state index contributed by atoms with van der Waals surface area (Å²) in [5.74, 6) is 1.50. The molecule has 0 bridgehead atoms. The van der Waals surface area contributed by atoms with E-state index < -0.39 is 0 Å². The zero-order valence-corrected chi connectivity index (χ0v) is 19.1. The molecule has 1 aliphatic heterocycles. The van der Waals surface area contributed by atoms with E-state index in [0.717, 1.165) is 49.9 Å². The fraction of sp³-hybridized carbons (Fsp3) is 0.476. The van der Waals surface area contributed by atoms with Crippen molar-refractivity contribution in [1.82, 2.24) is 15.5 Å². The highest BCUT2D eigenvalue weighted by atomic mass is 127. The first-order valence-electron chi connectivity index (χ1n) is 9.88. The van der Waals surface area contributed by atoms with E-state index in [0.29, 0.717) is 19.8 Å². The molecule has 1 aromatic heterocycles. The average molecular weight is 516 g/mol. The summed E-state index contributed by atoms with van der Waals surface area (Å²) in [6.07, 6.45) is 2.48. The first kappa shape index (κ1) is 23.6. The zero-order chi connectivity index (χ0) is 19.6. The molecule has 0 radical (unpaired) electrons. The molecule has 1 fully saturated rings. The summed E-state index contributed by atoms with van der Waals surface area (Å²) in [5.41, 5.74) is 1.07. The number of hydrogen-bond donors (Lipinski definition) is 2. The van der Waals surface area contributed by atoms with Crippen molar-refractivity contribution < 1.29 is 13.5 Å². The van der Waals surface area contributed by atoms with Crippen LogP contribution in [0.3, 0.4) is 0 Å². The number of furan rings is 1. The molecule has 1 aromatic carbocycles. The Morgan fingerprint density at radius 1 is 1.17 bits per heavy atom. The van der Waals surface area contributed by atoms with Crippen LogP contribution in [0.15, 0.2) is 52.1 Å². The number of guanidine groups is 1. The van der Waals surface area contributed by atoms with E-state index in [4.69, 9.17) is 14.1 Å². The SMILES string of the molecule is CCNC(=NCC(c1ccc(F)cc1)N1CCOCC1)NCCc1ccco1.I. The second-order valence-electron chi connectivity index (χ2n) is 6.69. The van der Waals surface area contributed by atoms with Crippen LogP contribution in [0.2, 0.25) is 0 Å². The van der Waals surface area contributed by atoms with Crippen molar-refractivity contribution >= 4 is 29.9 Å². The predicted molar refractivity (Wildman–Crippen MR) is 123 cm³/mol. The number of nitrogens with one attached hydrogen (secondary N) is 2. The van der Waals surface area contributed by atoms with Gasteiger partial charge in [-0.2, -0.15) is 0 Å². The number of halogens is 2. The first-order valence-corrected chi connectivity index (χ1v) is 9.88. The van der Waals surface area contributed by atoms with Gasteiger partial charge >= 0.3 is 0 Å². The minimum Gasteiger partial charge on any atom is -0.469 e. The largest absolute Gasteiger partial charge is 0.469 e. The molecule has 0 spiro atoms. The highest BCUT2D eigenvalue weighted by Crippen LogP contribution is 2.22. The van der Waals surface area contributed by atoms with Gasteiger partial charge in [0.1, 0.15) is 11.6 Å². The second-order valence-corrected chi connectivity index (χ2v) is 6.69. The van der Waals surface area contributed by atoms with Gasteiger partial charge in [-0.1, -0.05) is 12.1 Å². The van der Waals surface area contributed by atoms with Crippen molar-refractivity contribution in [2.75, 3.05) is 45.9 Å². The topological polar surface area (TPSA) is 62.0 Å². The zero-order valence-electron chi connectivity index (χ0n) is 16.8. The first-order chi connectivity index (χ1) is 13.8. The van der Waals surface area contributed by atoms with Crippen LogP contribution in [0.5, 0.6) is 0 Å². The lowest BCUT2D eigenvalue weighted by molar-refractivity contribution is 0.0179. The lowest BCUT2D eigenvalue weighted by atomic mass is 10.0. The third-order valence-electron chi connectivity index (χ3n) is 4.75. The molecule has 6 nitrogen and oxygen atoms in total. The molecule has 3 rings (SSSR count). The van der Waals surface area contributed by atoms with Gasteiger partial charge in [0.25, 0.3) is 0 Å². The van der Waals surface area contributed by atoms with Crippen LogP contribution in [-0.4, -0.2) is 56.8 Å². The van der Waals surface area contributed by atoms with Crippen molar-refractivity contribution in [2.24, 2.45) is 4.99 Å². The average Bonchev–Trinajstić information content (AvgIpc) is 3.24. The molecule has 1 unspecified atom stereocenters. The van der Waals surface area contributed by atoms with E-state index in [-0.39, 0.29) is 35.8 Å². The number of benzene rings is 1. The Kier molecular flexibility index (Phi) is 10.4. The number of rotatable bonds is 8. The van der Waals surface area contributed by atoms with Gasteiger partial charge in [0.15, 0.2) is 5.96 Å². The summed E-state index contributed by atoms with van der Waals surface area (Å²) in [6.45, 7) is 7.26. The Morgan fingerprint density at radius 3 is 2.59 bits per heavy atom. The van der Waals surface area contributed by atoms with Crippen molar-refractivity contribution in [1.29, 1.82) is 0 Å². The molecule has 2 heterocycles. The van der Waals surface area contributed by atoms with Crippen LogP contribution < -0.4 is 10.6 Å². The maximum absolute atomic E-state index is 13.4. The van der Waals surface area contributed by atoms with E-state index in [1.807, 2.05) is 31.2 Å². The highest BCUT2D eigenvalue weighted by Gasteiger charge is 2.22. The summed E-state index contributed by atoms with van der Waals surface area (Å²) in [6, 6.07) is 10.7. The minimum absolute atomic E-state index is 0. The Hall–Kier alpha value is -1.65. The molecule has 0 aliphatic carbocycles. The van der Waals surface area contributed by atoms with Gasteiger partial charge in [0.2, 0.25) is 0 Å². The van der Waals surface area contributed by atoms with E-state index in [1.54, 1.807) is 6.26 Å². The molecule has 160 valence electrons. The van der Waals surface area contributed by atoms with Gasteiger partial charge in [-0.3, -0.25) is 9.89 Å². The molecule has 1 aliphatic rings. The Balaban J connectivity index is 0.00000300. The molecule has 1 saturated heterocycles. The maximum Gasteiger partial charge on any atom is 0.191 e. The van der Waals surface area contributed by atoms with Crippen LogP contribution in [-0.2, 0) is 11.2 Å². The lowest BCUT2D eigenvalue weighted by Crippen LogP contribution is -2.42. The maximum atomic E-state index is 13.4. The number of ether oxygens (including phenoxy) is 1. The van der Waals surface area contributed by atoms with Crippen molar-refractivity contribution in [3.05, 3.63) is 59.8 Å². The molecule has 29 heavy (non-hydrogen) atoms. The monoisotopic (exact) mass is 516 g/mol. The summed E-state index contributed by atoms with van der Waals surface area (Å²) >= 11 is 0. The van der Waals surface area contributed by atoms with E-state index in [1.165, 1.54) is 12.1 Å². The van der Waals surface area contributed by atoms with Crippen molar-refractivity contribution in [3.63, 3.8) is 0 Å². The molecule has 0 amide bonds. The molecule has 2 N–H and O–H groups in total. The fourth-order valence-electron chi connectivity index (χ4n) is 3.28. The van der Waals surface area contributed by atoms with Gasteiger partial charge in [-0.05, 0) is 36.8 Å². The van der Waals surface area contributed by atoms with Gasteiger partial charge < -0.3 is 19.8 Å². The Labute approximate surface area is 188 Å². The molecular weight excluding hydrogens is 486 g/mol. The van der Waals surface area contributed by atoms with Crippen molar-refractivity contribution in [3.8, 4) is 0 Å². The van der Waals surface area contributed by atoms with Crippen LogP contribution in [0.1, 0.15) is 24.3 Å². The summed E-state index contributed by atoms with van der Waals surface area (Å²) in [7, 11) is 0. The molecule has 1 atom stereocenters. The summed E-state index contributed by atoms with van der Waals surface area (Å²) < 4.78 is 24.2. The number of aliphatic imine (C=N–C) groups is 1. The quantitative estimate of drug-likeness (QED) is 0.321. The highest BCUT2D eigenvalue weighted by molar-refractivity contribution is 14.0. The Bertz CT molecular complexity index is 719. The smallest absolute Gasteiger partial charge is 0.191 e. The normalized spacial score (nSPS) is 16.1. The molecule has 8 heteroatoms. The van der Waals surface area contributed by atoms with Crippen LogP contribution >= 0.6 is 24.0 Å². The molecule has 2 aromatic rings. The van der Waals surface area contributed by atoms with Gasteiger partial charge in [-0.15, -0.1) is 24.0 Å². The number of nitrogens with zero attached hydrogens (tertiary/aromatic N) is 2. The fourth-order valence-corrected chi connectivity index (χ4v) is 3.28. The van der Waals surface area contributed by atoms with Crippen LogP contribution in [0.4, 0.5) is 4.39 Å². The standard InChI is InChI=1S/C21H29FN4O2.HI/c1-2-23-21(24-10-9-19-4-3-13-28-19)25-16-20(26-11-14-27-15-12-26)17-5-7-18(22)8-6-17;/h3-8,13,20H,2,9-12,14-16H2,1H3,(H2,23,24,25);1H. The summed E-state index contributed by atoms with van der Waals surface area (Å²) in [4.78, 5) is 7.15. The van der Waals surface area contributed by atoms with E-state index in [2.05, 4.69) is 15.5 Å². The predicted octanol–water partition coefficient (Wildman–Crippen LogP) is 3.21. The Morgan fingerprint density at radius 2 is 1.93 bits per heavy atom. The van der Waals surface area contributed by atoms with E-state index in [9.17, 15) is 4.39 Å². The summed E-state index contributed by atoms with van der Waals surface area (Å²) in [5, 5.41) is 6.64. The third kappa shape index (κ3) is 7.60. The van der Waals surface area contributed by atoms with Crippen LogP contribution in [0.25, 0.3) is 0 Å². The van der Waals surface area contributed by atoms with Gasteiger partial charge in [-0.25, -0.2) is 4.39 Å². The third-order valence-corrected chi connectivity index (χ3v) is 4.75. The second kappa shape index (κ2) is 12.8. The number of hydrogen-bond acceptors (Lipinski definition) is 4. The van der Waals surface area contributed by atoms with Crippen molar-refractivity contribution in [2.45, 2.75) is 19.4 Å². The number of morpholine rings is 1. The van der Waals surface area contributed by atoms with Gasteiger partial charge in [0.05, 0.1) is 32.1 Å². The minimum atomic E-state index is -0.221. The molecular formula is C21H30FIN4O2. The van der Waals surface area contributed by atoms with E-state index >= 15 is 0 Å².